The third-order valence-electron chi connectivity index (χ3n) is 3.65. The predicted molar refractivity (Wildman–Crippen MR) is 85.9 cm³/mol. The number of hydrogen-bond donors (Lipinski definition) is 1. The molecular weight excluding hydrogens is 363 g/mol. The Morgan fingerprint density at radius 3 is 2.44 bits per heavy atom. The number of carbonyl (C=O) groups excluding carboxylic acids is 1. The summed E-state index contributed by atoms with van der Waals surface area (Å²) in [6.45, 7) is 3.40. The average molecular weight is 379 g/mol. The van der Waals surface area contributed by atoms with E-state index in [9.17, 15) is 26.4 Å². The lowest BCUT2D eigenvalue weighted by atomic mass is 10.1. The van der Waals surface area contributed by atoms with Crippen molar-refractivity contribution in [2.75, 3.05) is 23.3 Å². The number of nitrogens with one attached hydrogen (secondary N) is 1. The van der Waals surface area contributed by atoms with Gasteiger partial charge in [0, 0.05) is 18.7 Å². The third kappa shape index (κ3) is 3.70. The Morgan fingerprint density at radius 1 is 1.24 bits per heavy atom. The molecule has 0 radical (unpaired) electrons. The van der Waals surface area contributed by atoms with Crippen molar-refractivity contribution in [3.8, 4) is 0 Å². The molecular formula is C14H16F3N3O4S. The zero-order valence-corrected chi connectivity index (χ0v) is 14.5. The van der Waals surface area contributed by atoms with Gasteiger partial charge < -0.3 is 9.74 Å². The highest BCUT2D eigenvalue weighted by Crippen LogP contribution is 2.33. The highest BCUT2D eigenvalue weighted by molar-refractivity contribution is 7.93. The lowest BCUT2D eigenvalue weighted by Crippen LogP contribution is -2.31. The van der Waals surface area contributed by atoms with E-state index in [1.165, 1.54) is 35.8 Å². The van der Waals surface area contributed by atoms with Crippen molar-refractivity contribution in [2.24, 2.45) is 5.16 Å². The first kappa shape index (κ1) is 19.0. The number of halogens is 3. The van der Waals surface area contributed by atoms with Crippen molar-refractivity contribution in [2.45, 2.75) is 25.8 Å². The summed E-state index contributed by atoms with van der Waals surface area (Å²) in [6.07, 6.45) is 0.309. The lowest BCUT2D eigenvalue weighted by Gasteiger charge is -2.21. The second-order valence-corrected chi connectivity index (χ2v) is 7.11. The van der Waals surface area contributed by atoms with E-state index in [-0.39, 0.29) is 17.9 Å². The minimum atomic E-state index is -5.56. The fourth-order valence-corrected chi connectivity index (χ4v) is 3.08. The quantitative estimate of drug-likeness (QED) is 0.813. The number of sulfonamides is 1. The number of rotatable bonds is 4. The molecule has 1 N–H and O–H groups in total. The van der Waals surface area contributed by atoms with Crippen molar-refractivity contribution < 1.29 is 31.2 Å². The number of nitrogens with zero attached hydrogens (tertiary/aromatic N) is 2. The monoisotopic (exact) mass is 379 g/mol. The fourth-order valence-electron chi connectivity index (χ4n) is 2.45. The molecule has 25 heavy (non-hydrogen) atoms. The standard InChI is InChI=1S/C14H16F3N3O4S/c1-8-6-9(2)12(20-5-4-10(13(20)21)18-24-3)7-11(8)19-25(22,23)14(15,16)17/h6-7,19H,4-5H2,1-3H3. The topological polar surface area (TPSA) is 88.1 Å². The molecule has 1 fully saturated rings. The van der Waals surface area contributed by atoms with Crippen LogP contribution >= 0.6 is 0 Å². The third-order valence-corrected chi connectivity index (χ3v) is 4.75. The number of anilines is 2. The Bertz CT molecular complexity index is 834. The number of hydrogen-bond acceptors (Lipinski definition) is 5. The van der Waals surface area contributed by atoms with E-state index >= 15 is 0 Å². The fraction of sp³-hybridized carbons (Fsp3) is 0.429. The molecule has 2 rings (SSSR count). The summed E-state index contributed by atoms with van der Waals surface area (Å²) in [5.41, 5.74) is -4.29. The molecule has 0 aliphatic carbocycles. The summed E-state index contributed by atoms with van der Waals surface area (Å²) >= 11 is 0. The second-order valence-electron chi connectivity index (χ2n) is 5.43. The van der Waals surface area contributed by atoms with Gasteiger partial charge in [-0.2, -0.15) is 21.6 Å². The van der Waals surface area contributed by atoms with Crippen LogP contribution in [0.3, 0.4) is 0 Å². The number of alkyl halides is 3. The molecule has 11 heteroatoms. The van der Waals surface area contributed by atoms with Crippen LogP contribution in [0.15, 0.2) is 17.3 Å². The van der Waals surface area contributed by atoms with Crippen molar-refractivity contribution in [1.82, 2.24) is 0 Å². The van der Waals surface area contributed by atoms with Crippen LogP contribution in [0.1, 0.15) is 17.5 Å². The van der Waals surface area contributed by atoms with Gasteiger partial charge >= 0.3 is 15.5 Å². The Hall–Kier alpha value is -2.30. The zero-order chi connectivity index (χ0) is 19.0. The van der Waals surface area contributed by atoms with Crippen molar-refractivity contribution in [1.29, 1.82) is 0 Å². The predicted octanol–water partition coefficient (Wildman–Crippen LogP) is 2.30. The Kier molecular flexibility index (Phi) is 4.98. The van der Waals surface area contributed by atoms with E-state index < -0.39 is 21.4 Å². The smallest absolute Gasteiger partial charge is 0.399 e. The van der Waals surface area contributed by atoms with Crippen LogP contribution in [0.4, 0.5) is 24.5 Å². The van der Waals surface area contributed by atoms with Gasteiger partial charge in [-0.1, -0.05) is 11.2 Å². The molecule has 1 aliphatic heterocycles. The van der Waals surface area contributed by atoms with Gasteiger partial charge in [-0.05, 0) is 31.0 Å². The van der Waals surface area contributed by atoms with Gasteiger partial charge in [-0.15, -0.1) is 0 Å². The van der Waals surface area contributed by atoms with E-state index in [1.807, 2.05) is 0 Å². The summed E-state index contributed by atoms with van der Waals surface area (Å²) in [4.78, 5) is 18.2. The first-order valence-corrected chi connectivity index (χ1v) is 8.58. The van der Waals surface area contributed by atoms with Crippen LogP contribution in [0.25, 0.3) is 0 Å². The van der Waals surface area contributed by atoms with Crippen LogP contribution in [-0.2, 0) is 19.7 Å². The maximum atomic E-state index is 12.6. The van der Waals surface area contributed by atoms with Gasteiger partial charge in [0.15, 0.2) is 0 Å². The molecule has 0 bridgehead atoms. The molecule has 1 aliphatic rings. The Morgan fingerprint density at radius 2 is 1.88 bits per heavy atom. The SMILES string of the molecule is CON=C1CCN(c2cc(NS(=O)(=O)C(F)(F)F)c(C)cc2C)C1=O. The second kappa shape index (κ2) is 6.54. The van der Waals surface area contributed by atoms with Crippen LogP contribution < -0.4 is 9.62 Å². The molecule has 1 amide bonds. The summed E-state index contributed by atoms with van der Waals surface area (Å²) in [5.74, 6) is -0.446. The maximum absolute atomic E-state index is 12.6. The summed E-state index contributed by atoms with van der Waals surface area (Å²) in [5, 5.41) is 3.61. The normalized spacial score (nSPS) is 17.3. The van der Waals surface area contributed by atoms with Gasteiger partial charge in [-0.25, -0.2) is 0 Å². The van der Waals surface area contributed by atoms with Crippen molar-refractivity contribution in [3.63, 3.8) is 0 Å². The number of amides is 1. The van der Waals surface area contributed by atoms with Gasteiger partial charge in [-0.3, -0.25) is 9.52 Å². The highest BCUT2D eigenvalue weighted by atomic mass is 32.2. The maximum Gasteiger partial charge on any atom is 0.516 e. The summed E-state index contributed by atoms with van der Waals surface area (Å²) in [6, 6.07) is 2.71. The minimum Gasteiger partial charge on any atom is -0.399 e. The Labute approximate surface area is 142 Å². The molecule has 1 aromatic carbocycles. The van der Waals surface area contributed by atoms with E-state index in [1.54, 1.807) is 6.92 Å². The molecule has 1 heterocycles. The first-order chi connectivity index (χ1) is 11.5. The van der Waals surface area contributed by atoms with E-state index in [0.29, 0.717) is 23.2 Å². The summed E-state index contributed by atoms with van der Waals surface area (Å²) in [7, 11) is -4.26. The highest BCUT2D eigenvalue weighted by Gasteiger charge is 2.46. The van der Waals surface area contributed by atoms with E-state index in [4.69, 9.17) is 0 Å². The van der Waals surface area contributed by atoms with Gasteiger partial charge in [0.2, 0.25) is 0 Å². The van der Waals surface area contributed by atoms with E-state index in [2.05, 4.69) is 9.99 Å². The molecule has 0 spiro atoms. The van der Waals surface area contributed by atoms with Crippen LogP contribution in [-0.4, -0.2) is 39.2 Å². The van der Waals surface area contributed by atoms with Gasteiger partial charge in [0.25, 0.3) is 5.91 Å². The molecule has 0 atom stereocenters. The number of carbonyl (C=O) groups is 1. The lowest BCUT2D eigenvalue weighted by molar-refractivity contribution is -0.112. The molecule has 1 saturated heterocycles. The van der Waals surface area contributed by atoms with Gasteiger partial charge in [0.05, 0.1) is 5.69 Å². The van der Waals surface area contributed by atoms with Crippen molar-refractivity contribution in [3.05, 3.63) is 23.3 Å². The molecule has 0 unspecified atom stereocenters. The zero-order valence-electron chi connectivity index (χ0n) is 13.6. The van der Waals surface area contributed by atoms with Crippen LogP contribution in [0.2, 0.25) is 0 Å². The summed E-state index contributed by atoms with van der Waals surface area (Å²) < 4.78 is 62.0. The molecule has 1 aromatic rings. The average Bonchev–Trinajstić information content (AvgIpc) is 2.82. The Balaban J connectivity index is 2.43. The minimum absolute atomic E-state index is 0.180. The molecule has 0 saturated carbocycles. The largest absolute Gasteiger partial charge is 0.516 e. The van der Waals surface area contributed by atoms with Crippen molar-refractivity contribution >= 4 is 33.0 Å². The number of oxime groups is 1. The number of aryl methyl sites for hydroxylation is 2. The van der Waals surface area contributed by atoms with E-state index in [0.717, 1.165) is 0 Å². The van der Waals surface area contributed by atoms with Crippen LogP contribution in [0, 0.1) is 13.8 Å². The molecule has 138 valence electrons. The molecule has 7 nitrogen and oxygen atoms in total. The number of benzene rings is 1. The van der Waals surface area contributed by atoms with Gasteiger partial charge in [0.1, 0.15) is 12.8 Å². The first-order valence-electron chi connectivity index (χ1n) is 7.10. The molecule has 0 aromatic heterocycles. The van der Waals surface area contributed by atoms with Crippen LogP contribution in [0.5, 0.6) is 0 Å².